The monoisotopic (exact) mass is 269 g/mol. The van der Waals surface area contributed by atoms with Crippen molar-refractivity contribution in [2.24, 2.45) is 0 Å². The summed E-state index contributed by atoms with van der Waals surface area (Å²) in [6.07, 6.45) is 1.20. The maximum Gasteiger partial charge on any atom is 0.163 e. The molecule has 0 aliphatic carbocycles. The molecule has 0 aliphatic rings. The smallest absolute Gasteiger partial charge is 0.163 e. The second-order valence-corrected chi connectivity index (χ2v) is 4.84. The van der Waals surface area contributed by atoms with Crippen LogP contribution in [0, 0.1) is 6.92 Å². The van der Waals surface area contributed by atoms with E-state index in [1.165, 1.54) is 0 Å². The number of rotatable bonds is 5. The Morgan fingerprint density at radius 3 is 2.45 bits per heavy atom. The zero-order valence-electron chi connectivity index (χ0n) is 11.8. The molecule has 0 saturated carbocycles. The van der Waals surface area contributed by atoms with E-state index in [9.17, 15) is 4.79 Å². The average molecular weight is 269 g/mol. The molecule has 2 rings (SSSR count). The van der Waals surface area contributed by atoms with Crippen molar-refractivity contribution in [2.45, 2.75) is 19.8 Å². The van der Waals surface area contributed by atoms with Crippen LogP contribution in [-0.4, -0.2) is 12.9 Å². The van der Waals surface area contributed by atoms with E-state index in [2.05, 4.69) is 0 Å². The van der Waals surface area contributed by atoms with Crippen molar-refractivity contribution in [3.05, 3.63) is 59.2 Å². The molecular weight excluding hydrogens is 250 g/mol. The highest BCUT2D eigenvalue weighted by Gasteiger charge is 2.07. The fraction of sp³-hybridized carbons (Fsp3) is 0.235. The lowest BCUT2D eigenvalue weighted by Gasteiger charge is -2.05. The van der Waals surface area contributed by atoms with Crippen molar-refractivity contribution in [3.8, 4) is 5.75 Å². The predicted octanol–water partition coefficient (Wildman–Crippen LogP) is 3.40. The molecule has 0 spiro atoms. The zero-order chi connectivity index (χ0) is 14.5. The number of carbonyl (C=O) groups excluding carboxylic acids is 1. The number of carbonyl (C=O) groups is 1. The normalized spacial score (nSPS) is 10.3. The van der Waals surface area contributed by atoms with Crippen LogP contribution in [0.4, 0.5) is 5.69 Å². The van der Waals surface area contributed by atoms with Crippen molar-refractivity contribution in [2.75, 3.05) is 12.8 Å². The molecule has 2 aromatic rings. The highest BCUT2D eigenvalue weighted by molar-refractivity contribution is 5.97. The molecule has 0 atom stereocenters. The van der Waals surface area contributed by atoms with E-state index in [4.69, 9.17) is 10.5 Å². The molecule has 0 radical (unpaired) electrons. The summed E-state index contributed by atoms with van der Waals surface area (Å²) in [6.45, 7) is 1.93. The lowest BCUT2D eigenvalue weighted by atomic mass is 10.0. The number of nitrogens with two attached hydrogens (primary N) is 1. The first-order valence-corrected chi connectivity index (χ1v) is 6.62. The molecule has 0 saturated heterocycles. The highest BCUT2D eigenvalue weighted by Crippen LogP contribution is 2.17. The van der Waals surface area contributed by atoms with Gasteiger partial charge in [-0.15, -0.1) is 0 Å². The molecule has 3 heteroatoms. The maximum atomic E-state index is 12.1. The summed E-state index contributed by atoms with van der Waals surface area (Å²) in [6, 6.07) is 13.3. The van der Waals surface area contributed by atoms with Gasteiger partial charge in [-0.2, -0.15) is 0 Å². The molecule has 0 aromatic heterocycles. The standard InChI is InChI=1S/C17H19NO2/c1-12-3-7-14(11-16(12)18)17(19)10-6-13-4-8-15(20-2)9-5-13/h3-5,7-9,11H,6,10,18H2,1-2H3. The molecule has 0 heterocycles. The van der Waals surface area contributed by atoms with Gasteiger partial charge in [0.1, 0.15) is 5.75 Å². The van der Waals surface area contributed by atoms with E-state index in [-0.39, 0.29) is 5.78 Å². The molecule has 0 amide bonds. The molecule has 2 aromatic carbocycles. The number of ketones is 1. The molecule has 104 valence electrons. The number of aryl methyl sites for hydroxylation is 2. The quantitative estimate of drug-likeness (QED) is 0.668. The summed E-state index contributed by atoms with van der Waals surface area (Å²) in [7, 11) is 1.64. The number of ether oxygens (including phenoxy) is 1. The van der Waals surface area contributed by atoms with Crippen LogP contribution in [0.3, 0.4) is 0 Å². The molecule has 0 bridgehead atoms. The number of hydrogen-bond acceptors (Lipinski definition) is 3. The minimum absolute atomic E-state index is 0.118. The van der Waals surface area contributed by atoms with E-state index >= 15 is 0 Å². The van der Waals surface area contributed by atoms with Gasteiger partial charge < -0.3 is 10.5 Å². The number of nitrogen functional groups attached to an aromatic ring is 1. The first-order chi connectivity index (χ1) is 9.60. The van der Waals surface area contributed by atoms with Crippen molar-refractivity contribution in [1.29, 1.82) is 0 Å². The third-order valence-electron chi connectivity index (χ3n) is 3.40. The van der Waals surface area contributed by atoms with Crippen molar-refractivity contribution in [3.63, 3.8) is 0 Å². The summed E-state index contributed by atoms with van der Waals surface area (Å²) in [5.74, 6) is 0.943. The van der Waals surface area contributed by atoms with Crippen LogP contribution in [0.5, 0.6) is 5.75 Å². The Labute approximate surface area is 119 Å². The van der Waals surface area contributed by atoms with Crippen LogP contribution in [0.15, 0.2) is 42.5 Å². The van der Waals surface area contributed by atoms with Gasteiger partial charge in [0.15, 0.2) is 5.78 Å². The van der Waals surface area contributed by atoms with Crippen molar-refractivity contribution in [1.82, 2.24) is 0 Å². The minimum atomic E-state index is 0.118. The van der Waals surface area contributed by atoms with Crippen LogP contribution >= 0.6 is 0 Å². The molecule has 0 unspecified atom stereocenters. The molecule has 3 nitrogen and oxygen atoms in total. The van der Waals surface area contributed by atoms with Crippen LogP contribution in [0.1, 0.15) is 27.9 Å². The number of anilines is 1. The largest absolute Gasteiger partial charge is 0.497 e. The van der Waals surface area contributed by atoms with Gasteiger partial charge in [0.2, 0.25) is 0 Å². The van der Waals surface area contributed by atoms with Gasteiger partial charge in [0.05, 0.1) is 7.11 Å². The average Bonchev–Trinajstić information content (AvgIpc) is 2.48. The zero-order valence-corrected chi connectivity index (χ0v) is 11.8. The maximum absolute atomic E-state index is 12.1. The van der Waals surface area contributed by atoms with Gasteiger partial charge in [-0.1, -0.05) is 24.3 Å². The van der Waals surface area contributed by atoms with E-state index < -0.39 is 0 Å². The summed E-state index contributed by atoms with van der Waals surface area (Å²) in [4.78, 5) is 12.1. The summed E-state index contributed by atoms with van der Waals surface area (Å²) >= 11 is 0. The van der Waals surface area contributed by atoms with Gasteiger partial charge >= 0.3 is 0 Å². The number of hydrogen-bond donors (Lipinski definition) is 1. The second-order valence-electron chi connectivity index (χ2n) is 4.84. The third-order valence-corrected chi connectivity index (χ3v) is 3.40. The topological polar surface area (TPSA) is 52.3 Å². The van der Waals surface area contributed by atoms with E-state index in [1.807, 2.05) is 43.3 Å². The molecule has 20 heavy (non-hydrogen) atoms. The van der Waals surface area contributed by atoms with Gasteiger partial charge in [0.25, 0.3) is 0 Å². The first kappa shape index (κ1) is 14.1. The fourth-order valence-corrected chi connectivity index (χ4v) is 2.01. The van der Waals surface area contributed by atoms with Gasteiger partial charge in [0, 0.05) is 17.7 Å². The van der Waals surface area contributed by atoms with Crippen molar-refractivity contribution >= 4 is 11.5 Å². The Bertz CT molecular complexity index is 603. The van der Waals surface area contributed by atoms with Gasteiger partial charge in [-0.05, 0) is 42.7 Å². The molecule has 0 aliphatic heterocycles. The summed E-state index contributed by atoms with van der Waals surface area (Å²) < 4.78 is 5.11. The summed E-state index contributed by atoms with van der Waals surface area (Å²) in [5, 5.41) is 0. The predicted molar refractivity (Wildman–Crippen MR) is 81.2 cm³/mol. The number of Topliss-reactive ketones (excluding diaryl/α,β-unsaturated/α-hetero) is 1. The Hall–Kier alpha value is -2.29. The lowest BCUT2D eigenvalue weighted by Crippen LogP contribution is -2.03. The first-order valence-electron chi connectivity index (χ1n) is 6.62. The third kappa shape index (κ3) is 3.38. The van der Waals surface area contributed by atoms with Crippen LogP contribution in [0.2, 0.25) is 0 Å². The fourth-order valence-electron chi connectivity index (χ4n) is 2.01. The molecule has 0 fully saturated rings. The van der Waals surface area contributed by atoms with E-state index in [0.29, 0.717) is 17.7 Å². The van der Waals surface area contributed by atoms with Crippen molar-refractivity contribution < 1.29 is 9.53 Å². The minimum Gasteiger partial charge on any atom is -0.497 e. The van der Waals surface area contributed by atoms with Crippen LogP contribution in [0.25, 0.3) is 0 Å². The Morgan fingerprint density at radius 1 is 1.15 bits per heavy atom. The van der Waals surface area contributed by atoms with E-state index in [1.54, 1.807) is 13.2 Å². The number of benzene rings is 2. The molecule has 2 N–H and O–H groups in total. The van der Waals surface area contributed by atoms with Crippen LogP contribution < -0.4 is 10.5 Å². The SMILES string of the molecule is COc1ccc(CCC(=O)c2ccc(C)c(N)c2)cc1. The highest BCUT2D eigenvalue weighted by atomic mass is 16.5. The second kappa shape index (κ2) is 6.24. The Morgan fingerprint density at radius 2 is 1.85 bits per heavy atom. The van der Waals surface area contributed by atoms with Gasteiger partial charge in [-0.3, -0.25) is 4.79 Å². The van der Waals surface area contributed by atoms with Gasteiger partial charge in [-0.25, -0.2) is 0 Å². The Kier molecular flexibility index (Phi) is 4.41. The number of methoxy groups -OCH3 is 1. The summed E-state index contributed by atoms with van der Waals surface area (Å²) in [5.41, 5.74) is 9.30. The Balaban J connectivity index is 1.98. The van der Waals surface area contributed by atoms with Crippen LogP contribution in [-0.2, 0) is 6.42 Å². The van der Waals surface area contributed by atoms with E-state index in [0.717, 1.165) is 23.3 Å². The molecular formula is C17H19NO2. The lowest BCUT2D eigenvalue weighted by molar-refractivity contribution is 0.0983.